The third-order valence-electron chi connectivity index (χ3n) is 5.16. The van der Waals surface area contributed by atoms with Crippen molar-refractivity contribution in [3.63, 3.8) is 0 Å². The molecule has 1 aliphatic rings. The molecule has 1 aromatic heterocycles. The lowest BCUT2D eigenvalue weighted by molar-refractivity contribution is -0.509. The van der Waals surface area contributed by atoms with Crippen LogP contribution < -0.4 is 15.1 Å². The Morgan fingerprint density at radius 1 is 1.11 bits per heavy atom. The predicted octanol–water partition coefficient (Wildman–Crippen LogP) is 2.83. The smallest absolute Gasteiger partial charge is 0.213 e. The van der Waals surface area contributed by atoms with Crippen LogP contribution in [0.3, 0.4) is 0 Å². The summed E-state index contributed by atoms with van der Waals surface area (Å²) in [6.45, 7) is 3.86. The fourth-order valence-corrected chi connectivity index (χ4v) is 3.53. The van der Waals surface area contributed by atoms with E-state index in [1.54, 1.807) is 7.11 Å². The van der Waals surface area contributed by atoms with Gasteiger partial charge in [-0.15, -0.1) is 0 Å². The van der Waals surface area contributed by atoms with Crippen molar-refractivity contribution in [3.8, 4) is 17.1 Å². The Morgan fingerprint density at radius 2 is 1.96 bits per heavy atom. The van der Waals surface area contributed by atoms with Gasteiger partial charge in [0.25, 0.3) is 0 Å². The van der Waals surface area contributed by atoms with Crippen molar-refractivity contribution < 1.29 is 18.9 Å². The molecule has 0 bridgehead atoms. The van der Waals surface area contributed by atoms with Crippen molar-refractivity contribution in [2.45, 2.75) is 32.3 Å². The van der Waals surface area contributed by atoms with Crippen LogP contribution in [0.1, 0.15) is 25.3 Å². The van der Waals surface area contributed by atoms with Crippen LogP contribution in [0.4, 0.5) is 0 Å². The van der Waals surface area contributed by atoms with Gasteiger partial charge in [-0.25, -0.2) is 4.99 Å². The van der Waals surface area contributed by atoms with Gasteiger partial charge < -0.3 is 13.9 Å². The molecule has 140 valence electrons. The molecule has 0 saturated carbocycles. The van der Waals surface area contributed by atoms with E-state index >= 15 is 0 Å². The van der Waals surface area contributed by atoms with Crippen LogP contribution >= 0.6 is 0 Å². The maximum Gasteiger partial charge on any atom is 0.213 e. The molecular formula is C23H26NO3+. The number of hydrogen-bond donors (Lipinski definition) is 1. The van der Waals surface area contributed by atoms with Crippen LogP contribution in [-0.2, 0) is 11.2 Å². The standard InChI is InChI=1S/C23H25NO3/c1-3-16-6-11-22-20(13-16)21(24-15-19-5-4-12-26-19)14-23(27-22)17-7-9-18(25-2)10-8-17/h6-11,13-14,19H,3-5,12,15H2,1-2H3/p+1. The van der Waals surface area contributed by atoms with E-state index in [2.05, 4.69) is 36.2 Å². The third-order valence-corrected chi connectivity index (χ3v) is 5.16. The van der Waals surface area contributed by atoms with E-state index in [1.807, 2.05) is 24.3 Å². The quantitative estimate of drug-likeness (QED) is 0.757. The van der Waals surface area contributed by atoms with E-state index in [4.69, 9.17) is 13.9 Å². The van der Waals surface area contributed by atoms with Crippen molar-refractivity contribution in [1.82, 2.24) is 0 Å². The number of fused-ring (bicyclic) bond motifs is 1. The first-order chi connectivity index (χ1) is 13.3. The molecule has 3 aromatic rings. The zero-order valence-corrected chi connectivity index (χ0v) is 16.0. The molecule has 1 aliphatic heterocycles. The van der Waals surface area contributed by atoms with Gasteiger partial charge in [0.05, 0.1) is 18.6 Å². The Hall–Kier alpha value is -2.59. The molecule has 0 aliphatic carbocycles. The van der Waals surface area contributed by atoms with E-state index in [-0.39, 0.29) is 6.10 Å². The molecule has 0 radical (unpaired) electrons. The summed E-state index contributed by atoms with van der Waals surface area (Å²) in [5.74, 6) is 1.67. The summed E-state index contributed by atoms with van der Waals surface area (Å²) in [4.78, 5) is 3.60. The molecular weight excluding hydrogens is 338 g/mol. The highest BCUT2D eigenvalue weighted by atomic mass is 16.5. The summed E-state index contributed by atoms with van der Waals surface area (Å²) in [6, 6.07) is 16.5. The highest BCUT2D eigenvalue weighted by molar-refractivity contribution is 5.78. The number of aryl methyl sites for hydroxylation is 1. The first kappa shape index (κ1) is 17.8. The fourth-order valence-electron chi connectivity index (χ4n) is 3.53. The average molecular weight is 364 g/mol. The van der Waals surface area contributed by atoms with Crippen LogP contribution in [0, 0.1) is 0 Å². The van der Waals surface area contributed by atoms with Crippen molar-refractivity contribution in [2.24, 2.45) is 0 Å². The minimum Gasteiger partial charge on any atom is -0.497 e. The van der Waals surface area contributed by atoms with Gasteiger partial charge in [-0.1, -0.05) is 13.0 Å². The van der Waals surface area contributed by atoms with Gasteiger partial charge in [0.2, 0.25) is 5.36 Å². The number of methoxy groups -OCH3 is 1. The number of rotatable bonds is 5. The molecule has 0 amide bonds. The van der Waals surface area contributed by atoms with Crippen molar-refractivity contribution in [2.75, 3.05) is 20.3 Å². The summed E-state index contributed by atoms with van der Waals surface area (Å²) < 4.78 is 17.3. The van der Waals surface area contributed by atoms with Gasteiger partial charge in [0.15, 0.2) is 6.54 Å². The zero-order chi connectivity index (χ0) is 18.6. The minimum atomic E-state index is 0.288. The molecule has 2 heterocycles. The van der Waals surface area contributed by atoms with Crippen LogP contribution in [0.25, 0.3) is 22.3 Å². The second kappa shape index (κ2) is 7.97. The normalized spacial score (nSPS) is 17.6. The molecule has 0 spiro atoms. The van der Waals surface area contributed by atoms with Gasteiger partial charge in [0, 0.05) is 12.2 Å². The lowest BCUT2D eigenvalue weighted by atomic mass is 10.1. The van der Waals surface area contributed by atoms with E-state index in [0.29, 0.717) is 0 Å². The van der Waals surface area contributed by atoms with Crippen LogP contribution in [-0.4, -0.2) is 26.4 Å². The van der Waals surface area contributed by atoms with Gasteiger partial charge in [-0.05, 0) is 61.2 Å². The average Bonchev–Trinajstić information content (AvgIpc) is 3.25. The van der Waals surface area contributed by atoms with Gasteiger partial charge in [-0.2, -0.15) is 0 Å². The number of hydrogen-bond acceptors (Lipinski definition) is 3. The van der Waals surface area contributed by atoms with Gasteiger partial charge in [0.1, 0.15) is 23.2 Å². The minimum absolute atomic E-state index is 0.288. The van der Waals surface area contributed by atoms with Crippen LogP contribution in [0.15, 0.2) is 52.9 Å². The predicted molar refractivity (Wildman–Crippen MR) is 106 cm³/mol. The SMILES string of the molecule is CCc1ccc2oc(-c3ccc(OC)cc3)cc(=[NH+]CC3CCCO3)c2c1. The summed E-state index contributed by atoms with van der Waals surface area (Å²) >= 11 is 0. The zero-order valence-electron chi connectivity index (χ0n) is 16.0. The number of ether oxygens (including phenoxy) is 2. The number of benzene rings is 2. The molecule has 4 heteroatoms. The maximum absolute atomic E-state index is 6.22. The molecule has 1 unspecified atom stereocenters. The van der Waals surface area contributed by atoms with Crippen LogP contribution in [0.5, 0.6) is 5.75 Å². The summed E-state index contributed by atoms with van der Waals surface area (Å²) in [5, 5.41) is 2.21. The Kier molecular flexibility index (Phi) is 5.26. The molecule has 4 rings (SSSR count). The van der Waals surface area contributed by atoms with Crippen molar-refractivity contribution >= 4 is 11.0 Å². The molecule has 1 fully saturated rings. The number of nitrogens with one attached hydrogen (secondary N) is 1. The Morgan fingerprint density at radius 3 is 2.67 bits per heavy atom. The largest absolute Gasteiger partial charge is 0.497 e. The highest BCUT2D eigenvalue weighted by Crippen LogP contribution is 2.24. The van der Waals surface area contributed by atoms with E-state index < -0.39 is 0 Å². The maximum atomic E-state index is 6.22. The molecule has 1 N–H and O–H groups in total. The second-order valence-electron chi connectivity index (χ2n) is 6.95. The lowest BCUT2D eigenvalue weighted by Crippen LogP contribution is -2.79. The van der Waals surface area contributed by atoms with E-state index in [9.17, 15) is 0 Å². The van der Waals surface area contributed by atoms with Crippen LogP contribution in [0.2, 0.25) is 0 Å². The van der Waals surface area contributed by atoms with E-state index in [0.717, 1.165) is 65.8 Å². The Bertz CT molecular complexity index is 983. The van der Waals surface area contributed by atoms with E-state index in [1.165, 1.54) is 5.56 Å². The van der Waals surface area contributed by atoms with Gasteiger partial charge >= 0.3 is 0 Å². The fraction of sp³-hybridized carbons (Fsp3) is 0.348. The second-order valence-corrected chi connectivity index (χ2v) is 6.95. The van der Waals surface area contributed by atoms with Gasteiger partial charge in [-0.3, -0.25) is 0 Å². The Labute approximate surface area is 159 Å². The van der Waals surface area contributed by atoms with Crippen molar-refractivity contribution in [1.29, 1.82) is 0 Å². The highest BCUT2D eigenvalue weighted by Gasteiger charge is 2.18. The molecule has 4 nitrogen and oxygen atoms in total. The molecule has 1 atom stereocenters. The Balaban J connectivity index is 1.81. The van der Waals surface area contributed by atoms with Crippen molar-refractivity contribution in [3.05, 3.63) is 59.5 Å². The first-order valence-corrected chi connectivity index (χ1v) is 9.66. The summed E-state index contributed by atoms with van der Waals surface area (Å²) in [7, 11) is 1.67. The third kappa shape index (κ3) is 3.91. The monoisotopic (exact) mass is 364 g/mol. The molecule has 2 aromatic carbocycles. The topological polar surface area (TPSA) is 45.6 Å². The first-order valence-electron chi connectivity index (χ1n) is 9.66. The molecule has 1 saturated heterocycles. The summed E-state index contributed by atoms with van der Waals surface area (Å²) in [5.41, 5.74) is 3.21. The molecule has 27 heavy (non-hydrogen) atoms. The lowest BCUT2D eigenvalue weighted by Gasteiger charge is -2.06. The summed E-state index contributed by atoms with van der Waals surface area (Å²) in [6.07, 6.45) is 3.56.